The predicted molar refractivity (Wildman–Crippen MR) is 115 cm³/mol. The van der Waals surface area contributed by atoms with Crippen molar-refractivity contribution < 1.29 is 19.1 Å². The average Bonchev–Trinajstić information content (AvgIpc) is 2.67. The second kappa shape index (κ2) is 9.49. The number of anilines is 1. The fourth-order valence-corrected chi connectivity index (χ4v) is 4.10. The minimum absolute atomic E-state index is 0.183. The molecular formula is C23H33N3O4. The Balaban J connectivity index is 1.42. The number of nitrogens with zero attached hydrogens (tertiary/aromatic N) is 1. The molecule has 3 rings (SSSR count). The molecule has 2 saturated heterocycles. The first kappa shape index (κ1) is 22.1. The zero-order chi connectivity index (χ0) is 21.7. The molecule has 3 amide bonds. The average molecular weight is 416 g/mol. The Bertz CT molecular complexity index is 762. The SMILES string of the molecule is CC(C)(C)OC(=O)NCCC1CCN(c2ccc(C3CCC(=O)NC3=O)cc2)CC1. The van der Waals surface area contributed by atoms with Crippen LogP contribution < -0.4 is 15.5 Å². The highest BCUT2D eigenvalue weighted by Gasteiger charge is 2.28. The van der Waals surface area contributed by atoms with Gasteiger partial charge in [0.15, 0.2) is 0 Å². The van der Waals surface area contributed by atoms with Crippen molar-refractivity contribution in [3.8, 4) is 0 Å². The van der Waals surface area contributed by atoms with Crippen molar-refractivity contribution in [1.82, 2.24) is 10.6 Å². The van der Waals surface area contributed by atoms with Gasteiger partial charge in [0.2, 0.25) is 11.8 Å². The molecule has 0 saturated carbocycles. The molecule has 0 bridgehead atoms. The van der Waals surface area contributed by atoms with Crippen LogP contribution in [0.2, 0.25) is 0 Å². The lowest BCUT2D eigenvalue weighted by molar-refractivity contribution is -0.134. The molecule has 2 aliphatic rings. The van der Waals surface area contributed by atoms with E-state index >= 15 is 0 Å². The summed E-state index contributed by atoms with van der Waals surface area (Å²) in [5.41, 5.74) is 1.66. The monoisotopic (exact) mass is 415 g/mol. The highest BCUT2D eigenvalue weighted by molar-refractivity contribution is 6.00. The Morgan fingerprint density at radius 2 is 1.80 bits per heavy atom. The molecule has 2 heterocycles. The number of carbonyl (C=O) groups is 3. The lowest BCUT2D eigenvalue weighted by Crippen LogP contribution is -2.39. The van der Waals surface area contributed by atoms with Gasteiger partial charge in [-0.2, -0.15) is 0 Å². The lowest BCUT2D eigenvalue weighted by atomic mass is 9.90. The summed E-state index contributed by atoms with van der Waals surface area (Å²) in [6.45, 7) is 8.18. The van der Waals surface area contributed by atoms with E-state index in [4.69, 9.17) is 4.74 Å². The number of hydrogen-bond acceptors (Lipinski definition) is 5. The van der Waals surface area contributed by atoms with Gasteiger partial charge in [0, 0.05) is 31.7 Å². The van der Waals surface area contributed by atoms with Gasteiger partial charge in [-0.3, -0.25) is 14.9 Å². The summed E-state index contributed by atoms with van der Waals surface area (Å²) in [7, 11) is 0. The first-order valence-electron chi connectivity index (χ1n) is 10.9. The van der Waals surface area contributed by atoms with Gasteiger partial charge >= 0.3 is 6.09 Å². The molecule has 164 valence electrons. The van der Waals surface area contributed by atoms with E-state index in [9.17, 15) is 14.4 Å². The first-order valence-corrected chi connectivity index (χ1v) is 10.9. The zero-order valence-electron chi connectivity index (χ0n) is 18.2. The predicted octanol–water partition coefficient (Wildman–Crippen LogP) is 3.34. The Morgan fingerprint density at radius 3 is 2.40 bits per heavy atom. The highest BCUT2D eigenvalue weighted by atomic mass is 16.6. The van der Waals surface area contributed by atoms with Crippen molar-refractivity contribution in [3.63, 3.8) is 0 Å². The molecule has 7 heteroatoms. The number of amides is 3. The molecule has 1 unspecified atom stereocenters. The number of hydrogen-bond donors (Lipinski definition) is 2. The van der Waals surface area contributed by atoms with Crippen LogP contribution >= 0.6 is 0 Å². The second-order valence-electron chi connectivity index (χ2n) is 9.24. The molecule has 7 nitrogen and oxygen atoms in total. The molecule has 0 spiro atoms. The van der Waals surface area contributed by atoms with Gasteiger partial charge in [-0.25, -0.2) is 4.79 Å². The van der Waals surface area contributed by atoms with E-state index in [1.54, 1.807) is 0 Å². The van der Waals surface area contributed by atoms with E-state index in [1.165, 1.54) is 0 Å². The second-order valence-corrected chi connectivity index (χ2v) is 9.24. The van der Waals surface area contributed by atoms with Crippen LogP contribution in [0, 0.1) is 5.92 Å². The van der Waals surface area contributed by atoms with E-state index in [0.717, 1.165) is 43.6 Å². The Kier molecular flexibility index (Phi) is 7.00. The lowest BCUT2D eigenvalue weighted by Gasteiger charge is -2.34. The van der Waals surface area contributed by atoms with Gasteiger partial charge in [0.25, 0.3) is 0 Å². The Labute approximate surface area is 178 Å². The number of alkyl carbamates (subject to hydrolysis) is 1. The smallest absolute Gasteiger partial charge is 0.407 e. The van der Waals surface area contributed by atoms with Crippen molar-refractivity contribution >= 4 is 23.6 Å². The number of ether oxygens (including phenoxy) is 1. The molecule has 1 aromatic carbocycles. The maximum Gasteiger partial charge on any atom is 0.407 e. The van der Waals surface area contributed by atoms with Crippen LogP contribution in [0.4, 0.5) is 10.5 Å². The third-order valence-electron chi connectivity index (χ3n) is 5.74. The summed E-state index contributed by atoms with van der Waals surface area (Å²) < 4.78 is 5.27. The molecule has 1 aromatic rings. The molecule has 0 aliphatic carbocycles. The van der Waals surface area contributed by atoms with Crippen molar-refractivity contribution in [2.45, 2.75) is 64.4 Å². The van der Waals surface area contributed by atoms with Gasteiger partial charge in [-0.1, -0.05) is 12.1 Å². The number of nitrogens with one attached hydrogen (secondary N) is 2. The fourth-order valence-electron chi connectivity index (χ4n) is 4.10. The van der Waals surface area contributed by atoms with E-state index in [1.807, 2.05) is 32.9 Å². The van der Waals surface area contributed by atoms with Crippen LogP contribution in [0.1, 0.15) is 64.4 Å². The van der Waals surface area contributed by atoms with Crippen LogP contribution in [0.3, 0.4) is 0 Å². The number of rotatable bonds is 5. The fraction of sp³-hybridized carbons (Fsp3) is 0.609. The highest BCUT2D eigenvalue weighted by Crippen LogP contribution is 2.29. The van der Waals surface area contributed by atoms with Crippen LogP contribution in [-0.4, -0.2) is 43.1 Å². The standard InChI is InChI=1S/C23H33N3O4/c1-23(2,3)30-22(29)24-13-10-16-11-14-26(15-12-16)18-6-4-17(5-7-18)19-8-9-20(27)25-21(19)28/h4-7,16,19H,8-15H2,1-3H3,(H,24,29)(H,25,27,28). The molecular weight excluding hydrogens is 382 g/mol. The summed E-state index contributed by atoms with van der Waals surface area (Å²) in [4.78, 5) is 37.5. The van der Waals surface area contributed by atoms with Crippen LogP contribution in [0.15, 0.2) is 24.3 Å². The summed E-state index contributed by atoms with van der Waals surface area (Å²) in [5.74, 6) is -0.0178. The summed E-state index contributed by atoms with van der Waals surface area (Å²) in [6.07, 6.45) is 3.76. The van der Waals surface area contributed by atoms with Gasteiger partial charge in [0.05, 0.1) is 5.92 Å². The quantitative estimate of drug-likeness (QED) is 0.720. The minimum Gasteiger partial charge on any atom is -0.444 e. The van der Waals surface area contributed by atoms with E-state index in [0.29, 0.717) is 25.3 Å². The van der Waals surface area contributed by atoms with Gasteiger partial charge in [-0.05, 0) is 70.1 Å². The number of imide groups is 1. The number of carbonyl (C=O) groups excluding carboxylic acids is 3. The summed E-state index contributed by atoms with van der Waals surface area (Å²) in [5, 5.41) is 5.27. The minimum atomic E-state index is -0.469. The molecule has 0 radical (unpaired) electrons. The Morgan fingerprint density at radius 1 is 1.13 bits per heavy atom. The normalized spacial score (nSPS) is 20.6. The van der Waals surface area contributed by atoms with Crippen molar-refractivity contribution in [1.29, 1.82) is 0 Å². The third kappa shape index (κ3) is 6.21. The maximum absolute atomic E-state index is 12.0. The largest absolute Gasteiger partial charge is 0.444 e. The van der Waals surface area contributed by atoms with E-state index in [2.05, 4.69) is 27.7 Å². The zero-order valence-corrected chi connectivity index (χ0v) is 18.2. The molecule has 2 aliphatic heterocycles. The van der Waals surface area contributed by atoms with Crippen LogP contribution in [-0.2, 0) is 14.3 Å². The molecule has 30 heavy (non-hydrogen) atoms. The van der Waals surface area contributed by atoms with Crippen LogP contribution in [0.25, 0.3) is 0 Å². The molecule has 0 aromatic heterocycles. The topological polar surface area (TPSA) is 87.7 Å². The molecule has 2 fully saturated rings. The Hall–Kier alpha value is -2.57. The van der Waals surface area contributed by atoms with Crippen molar-refractivity contribution in [2.24, 2.45) is 5.92 Å². The summed E-state index contributed by atoms with van der Waals surface area (Å²) in [6, 6.07) is 8.16. The van der Waals surface area contributed by atoms with E-state index in [-0.39, 0.29) is 23.8 Å². The van der Waals surface area contributed by atoms with Gasteiger partial charge < -0.3 is 15.0 Å². The first-order chi connectivity index (χ1) is 14.2. The molecule has 1 atom stereocenters. The van der Waals surface area contributed by atoms with Gasteiger partial charge in [-0.15, -0.1) is 0 Å². The van der Waals surface area contributed by atoms with Crippen molar-refractivity contribution in [3.05, 3.63) is 29.8 Å². The maximum atomic E-state index is 12.0. The summed E-state index contributed by atoms with van der Waals surface area (Å²) >= 11 is 0. The van der Waals surface area contributed by atoms with Crippen molar-refractivity contribution in [2.75, 3.05) is 24.5 Å². The van der Waals surface area contributed by atoms with Gasteiger partial charge in [0.1, 0.15) is 5.60 Å². The number of piperidine rings is 2. The third-order valence-corrected chi connectivity index (χ3v) is 5.74. The molecule has 2 N–H and O–H groups in total. The van der Waals surface area contributed by atoms with E-state index < -0.39 is 5.60 Å². The number of benzene rings is 1. The van der Waals surface area contributed by atoms with Crippen LogP contribution in [0.5, 0.6) is 0 Å².